The van der Waals surface area contributed by atoms with E-state index in [0.717, 1.165) is 70.6 Å². The van der Waals surface area contributed by atoms with Crippen molar-refractivity contribution in [3.63, 3.8) is 0 Å². The number of carbonyl (C=O) groups excluding carboxylic acids is 3. The van der Waals surface area contributed by atoms with Crippen molar-refractivity contribution in [1.29, 1.82) is 0 Å². The van der Waals surface area contributed by atoms with Crippen LogP contribution < -0.4 is 0 Å². The number of ether oxygens (including phenoxy) is 3. The highest BCUT2D eigenvalue weighted by molar-refractivity contribution is 5.71. The van der Waals surface area contributed by atoms with E-state index in [4.69, 9.17) is 14.2 Å². The molecule has 0 aliphatic heterocycles. The highest BCUT2D eigenvalue weighted by Crippen LogP contribution is 2.16. The van der Waals surface area contributed by atoms with Crippen LogP contribution in [0.3, 0.4) is 0 Å². The Hall–Kier alpha value is -2.37. The van der Waals surface area contributed by atoms with Crippen molar-refractivity contribution in [2.45, 2.75) is 258 Å². The first-order valence-electron chi connectivity index (χ1n) is 24.5. The van der Waals surface area contributed by atoms with Gasteiger partial charge in [-0.05, 0) is 38.5 Å². The van der Waals surface area contributed by atoms with E-state index >= 15 is 0 Å². The van der Waals surface area contributed by atoms with E-state index in [0.29, 0.717) is 19.3 Å². The number of hydrogen-bond donors (Lipinski definition) is 0. The van der Waals surface area contributed by atoms with Gasteiger partial charge in [-0.15, -0.1) is 0 Å². The Morgan fingerprint density at radius 3 is 1.05 bits per heavy atom. The van der Waals surface area contributed by atoms with Crippen LogP contribution >= 0.6 is 0 Å². The smallest absolute Gasteiger partial charge is 0.306 e. The fraction of sp³-hybridized carbons (Fsp3) is 0.824. The molecule has 0 saturated heterocycles. The average molecular weight is 801 g/mol. The Labute approximate surface area is 353 Å². The molecule has 0 radical (unpaired) electrons. The summed E-state index contributed by atoms with van der Waals surface area (Å²) in [6.45, 7) is 6.49. The molecule has 0 aliphatic rings. The molecule has 332 valence electrons. The van der Waals surface area contributed by atoms with Gasteiger partial charge in [-0.25, -0.2) is 0 Å². The molecule has 0 spiro atoms. The van der Waals surface area contributed by atoms with Crippen molar-refractivity contribution in [2.24, 2.45) is 0 Å². The van der Waals surface area contributed by atoms with Gasteiger partial charge in [0.25, 0.3) is 0 Å². The van der Waals surface area contributed by atoms with Crippen molar-refractivity contribution in [2.75, 3.05) is 13.2 Å². The van der Waals surface area contributed by atoms with Gasteiger partial charge in [0.1, 0.15) is 13.2 Å². The van der Waals surface area contributed by atoms with Gasteiger partial charge in [0.05, 0.1) is 0 Å². The zero-order valence-corrected chi connectivity index (χ0v) is 37.9. The lowest BCUT2D eigenvalue weighted by molar-refractivity contribution is -0.167. The summed E-state index contributed by atoms with van der Waals surface area (Å²) in [5.74, 6) is -0.879. The van der Waals surface area contributed by atoms with Gasteiger partial charge in [-0.1, -0.05) is 231 Å². The van der Waals surface area contributed by atoms with Gasteiger partial charge < -0.3 is 14.2 Å². The molecular weight excluding hydrogens is 709 g/mol. The normalized spacial score (nSPS) is 12.3. The Morgan fingerprint density at radius 1 is 0.368 bits per heavy atom. The van der Waals surface area contributed by atoms with Crippen LogP contribution in [0.2, 0.25) is 0 Å². The topological polar surface area (TPSA) is 78.9 Å². The number of carbonyl (C=O) groups is 3. The van der Waals surface area contributed by atoms with Crippen LogP contribution in [0, 0.1) is 0 Å². The summed E-state index contributed by atoms with van der Waals surface area (Å²) in [5.41, 5.74) is 0. The number of esters is 3. The highest BCUT2D eigenvalue weighted by Gasteiger charge is 2.19. The lowest BCUT2D eigenvalue weighted by atomic mass is 10.0. The molecule has 0 aromatic heterocycles. The predicted molar refractivity (Wildman–Crippen MR) is 242 cm³/mol. The summed E-state index contributed by atoms with van der Waals surface area (Å²) in [7, 11) is 0. The maximum Gasteiger partial charge on any atom is 0.306 e. The van der Waals surface area contributed by atoms with Crippen molar-refractivity contribution in [3.05, 3.63) is 36.5 Å². The van der Waals surface area contributed by atoms with E-state index in [1.807, 2.05) is 0 Å². The Bertz CT molecular complexity index is 969. The monoisotopic (exact) mass is 801 g/mol. The van der Waals surface area contributed by atoms with Crippen LogP contribution in [-0.4, -0.2) is 37.2 Å². The molecule has 0 fully saturated rings. The average Bonchev–Trinajstić information content (AvgIpc) is 3.21. The molecule has 0 rings (SSSR count). The third-order valence-corrected chi connectivity index (χ3v) is 10.7. The summed E-state index contributed by atoms with van der Waals surface area (Å²) in [6.07, 6.45) is 52.7. The zero-order valence-electron chi connectivity index (χ0n) is 37.9. The van der Waals surface area contributed by atoms with Gasteiger partial charge in [-0.3, -0.25) is 14.4 Å². The lowest BCUT2D eigenvalue weighted by Gasteiger charge is -2.18. The molecule has 1 atom stereocenters. The van der Waals surface area contributed by atoms with Gasteiger partial charge in [0.15, 0.2) is 6.10 Å². The standard InChI is InChI=1S/C51H92O6/c1-4-7-10-13-16-19-21-23-25-27-29-32-35-38-41-44-50(53)56-47-48(46-55-49(52)43-40-37-34-31-18-15-12-9-6-3)57-51(54)45-42-39-36-33-30-28-26-24-22-20-17-14-11-8-5-2/h7,10,13,16,19,21,48H,4-6,8-9,11-12,14-15,17-18,20,22-47H2,1-3H3/b10-7-,16-13-,21-19-. The van der Waals surface area contributed by atoms with Crippen molar-refractivity contribution >= 4 is 17.9 Å². The summed E-state index contributed by atoms with van der Waals surface area (Å²) in [5, 5.41) is 0. The first-order valence-corrected chi connectivity index (χ1v) is 24.5. The van der Waals surface area contributed by atoms with Gasteiger partial charge in [-0.2, -0.15) is 0 Å². The summed E-state index contributed by atoms with van der Waals surface area (Å²) >= 11 is 0. The molecule has 0 aliphatic carbocycles. The second-order valence-corrected chi connectivity index (χ2v) is 16.4. The highest BCUT2D eigenvalue weighted by atomic mass is 16.6. The molecule has 0 heterocycles. The number of hydrogen-bond acceptors (Lipinski definition) is 6. The third kappa shape index (κ3) is 44.6. The lowest BCUT2D eigenvalue weighted by Crippen LogP contribution is -2.30. The van der Waals surface area contributed by atoms with Gasteiger partial charge in [0, 0.05) is 19.3 Å². The molecule has 6 heteroatoms. The molecule has 57 heavy (non-hydrogen) atoms. The van der Waals surface area contributed by atoms with Crippen molar-refractivity contribution in [3.8, 4) is 0 Å². The number of unbranched alkanes of at least 4 members (excludes halogenated alkanes) is 29. The second kappa shape index (κ2) is 46.3. The minimum absolute atomic E-state index is 0.0725. The molecule has 0 aromatic carbocycles. The molecule has 1 unspecified atom stereocenters. The molecular formula is C51H92O6. The quantitative estimate of drug-likeness (QED) is 0.0264. The van der Waals surface area contributed by atoms with Crippen molar-refractivity contribution < 1.29 is 28.6 Å². The fourth-order valence-electron chi connectivity index (χ4n) is 7.03. The SMILES string of the molecule is CC\C=C/C=C\C=C/CCCCCCCCCC(=O)OCC(COC(=O)CCCCCCCCCCC)OC(=O)CCCCCCCCCCCCCCCCC. The first-order chi connectivity index (χ1) is 28.0. The number of allylic oxidation sites excluding steroid dienone is 6. The van der Waals surface area contributed by atoms with E-state index in [2.05, 4.69) is 57.2 Å². The number of rotatable bonds is 44. The fourth-order valence-corrected chi connectivity index (χ4v) is 7.03. The van der Waals surface area contributed by atoms with Gasteiger partial charge >= 0.3 is 17.9 Å². The molecule has 0 aromatic rings. The Morgan fingerprint density at radius 2 is 0.684 bits per heavy atom. The molecule has 0 amide bonds. The van der Waals surface area contributed by atoms with Crippen LogP contribution in [0.4, 0.5) is 0 Å². The van der Waals surface area contributed by atoms with Crippen LogP contribution in [-0.2, 0) is 28.6 Å². The Kier molecular flexibility index (Phi) is 44.4. The predicted octanol–water partition coefficient (Wildman–Crippen LogP) is 15.8. The van der Waals surface area contributed by atoms with E-state index in [1.165, 1.54) is 141 Å². The summed E-state index contributed by atoms with van der Waals surface area (Å²) < 4.78 is 16.7. The third-order valence-electron chi connectivity index (χ3n) is 10.7. The van der Waals surface area contributed by atoms with E-state index in [1.54, 1.807) is 0 Å². The van der Waals surface area contributed by atoms with E-state index in [-0.39, 0.29) is 31.1 Å². The zero-order chi connectivity index (χ0) is 41.5. The maximum absolute atomic E-state index is 12.7. The Balaban J connectivity index is 4.32. The molecule has 6 nitrogen and oxygen atoms in total. The van der Waals surface area contributed by atoms with Crippen LogP contribution in [0.25, 0.3) is 0 Å². The second-order valence-electron chi connectivity index (χ2n) is 16.4. The van der Waals surface area contributed by atoms with Crippen LogP contribution in [0.15, 0.2) is 36.5 Å². The summed E-state index contributed by atoms with van der Waals surface area (Å²) in [6, 6.07) is 0. The molecule has 0 N–H and O–H groups in total. The van der Waals surface area contributed by atoms with E-state index in [9.17, 15) is 14.4 Å². The molecule has 0 saturated carbocycles. The van der Waals surface area contributed by atoms with Crippen molar-refractivity contribution in [1.82, 2.24) is 0 Å². The maximum atomic E-state index is 12.7. The first kappa shape index (κ1) is 54.6. The van der Waals surface area contributed by atoms with Crippen LogP contribution in [0.5, 0.6) is 0 Å². The molecule has 0 bridgehead atoms. The minimum atomic E-state index is -0.770. The largest absolute Gasteiger partial charge is 0.462 e. The van der Waals surface area contributed by atoms with E-state index < -0.39 is 6.10 Å². The summed E-state index contributed by atoms with van der Waals surface area (Å²) in [4.78, 5) is 37.8. The minimum Gasteiger partial charge on any atom is -0.462 e. The van der Waals surface area contributed by atoms with Gasteiger partial charge in [0.2, 0.25) is 0 Å². The van der Waals surface area contributed by atoms with Crippen LogP contribution in [0.1, 0.15) is 252 Å².